The molecule has 0 saturated carbocycles. The Morgan fingerprint density at radius 2 is 2.03 bits per heavy atom. The average Bonchev–Trinajstić information content (AvgIpc) is 3.71. The van der Waals surface area contributed by atoms with Crippen molar-refractivity contribution < 1.29 is 8.81 Å². The summed E-state index contributed by atoms with van der Waals surface area (Å²) >= 11 is 0. The molecule has 3 N–H and O–H groups in total. The number of benzene rings is 1. The van der Waals surface area contributed by atoms with Gasteiger partial charge in [-0.25, -0.2) is 14.2 Å². The summed E-state index contributed by atoms with van der Waals surface area (Å²) in [6.07, 6.45) is 5.41. The highest BCUT2D eigenvalue weighted by Gasteiger charge is 2.54. The molecule has 1 aromatic carbocycles. The zero-order valence-corrected chi connectivity index (χ0v) is 20.6. The second-order valence-corrected chi connectivity index (χ2v) is 9.77. The van der Waals surface area contributed by atoms with E-state index < -0.39 is 17.1 Å². The second kappa shape index (κ2) is 8.21. The van der Waals surface area contributed by atoms with Gasteiger partial charge in [0, 0.05) is 49.9 Å². The SMILES string of the molecule is CN1CC(C2(c3nn(C)c(=O)o3)N[C@@H](c3nc(-c4ccc(F)cn4)c[nH]3)Cc3c2[nH]c2ccccc32)C=N1. The number of rotatable bonds is 4. The Morgan fingerprint density at radius 1 is 1.16 bits per heavy atom. The first-order valence-electron chi connectivity index (χ1n) is 12.3. The molecule has 192 valence electrons. The van der Waals surface area contributed by atoms with Gasteiger partial charge in [0.1, 0.15) is 22.9 Å². The number of imidazole rings is 1. The average molecular weight is 514 g/mol. The van der Waals surface area contributed by atoms with Crippen molar-refractivity contribution >= 4 is 17.1 Å². The molecule has 11 nitrogen and oxygen atoms in total. The molecule has 0 amide bonds. The third kappa shape index (κ3) is 3.33. The van der Waals surface area contributed by atoms with Crippen LogP contribution in [0.25, 0.3) is 22.3 Å². The number of hydrogen-bond donors (Lipinski definition) is 3. The van der Waals surface area contributed by atoms with Gasteiger partial charge in [-0.1, -0.05) is 18.2 Å². The second-order valence-electron chi connectivity index (χ2n) is 9.77. The van der Waals surface area contributed by atoms with Crippen molar-refractivity contribution in [2.45, 2.75) is 18.0 Å². The van der Waals surface area contributed by atoms with Crippen molar-refractivity contribution in [3.8, 4) is 11.4 Å². The Hall–Kier alpha value is -4.58. The number of aryl methyl sites for hydroxylation is 1. The minimum absolute atomic E-state index is 0.214. The summed E-state index contributed by atoms with van der Waals surface area (Å²) in [7, 11) is 3.47. The predicted molar refractivity (Wildman–Crippen MR) is 137 cm³/mol. The predicted octanol–water partition coefficient (Wildman–Crippen LogP) is 2.46. The molecule has 0 spiro atoms. The quantitative estimate of drug-likeness (QED) is 0.336. The Morgan fingerprint density at radius 3 is 2.76 bits per heavy atom. The highest BCUT2D eigenvalue weighted by atomic mass is 19.1. The molecule has 0 saturated heterocycles. The third-order valence-corrected chi connectivity index (χ3v) is 7.42. The number of H-pyrrole nitrogens is 2. The summed E-state index contributed by atoms with van der Waals surface area (Å²) in [5, 5.41) is 15.7. The van der Waals surface area contributed by atoms with Crippen LogP contribution in [-0.4, -0.2) is 54.5 Å². The minimum atomic E-state index is -1.03. The van der Waals surface area contributed by atoms with Crippen LogP contribution in [0.1, 0.15) is 29.0 Å². The van der Waals surface area contributed by atoms with Crippen LogP contribution in [0.4, 0.5) is 4.39 Å². The zero-order chi connectivity index (χ0) is 26.0. The van der Waals surface area contributed by atoms with Gasteiger partial charge in [0.2, 0.25) is 5.89 Å². The van der Waals surface area contributed by atoms with E-state index in [1.165, 1.54) is 16.9 Å². The normalized spacial score (nSPS) is 22.9. The fourth-order valence-corrected chi connectivity index (χ4v) is 5.64. The van der Waals surface area contributed by atoms with Crippen LogP contribution in [-0.2, 0) is 19.0 Å². The van der Waals surface area contributed by atoms with Crippen LogP contribution in [0.2, 0.25) is 0 Å². The van der Waals surface area contributed by atoms with Gasteiger partial charge in [0.05, 0.1) is 23.6 Å². The molecule has 12 heteroatoms. The zero-order valence-electron chi connectivity index (χ0n) is 20.6. The van der Waals surface area contributed by atoms with E-state index in [0.717, 1.165) is 22.2 Å². The molecule has 0 bridgehead atoms. The van der Waals surface area contributed by atoms with Crippen molar-refractivity contribution in [1.82, 2.24) is 40.0 Å². The Balaban J connectivity index is 1.43. The molecule has 2 unspecified atom stereocenters. The molecular weight excluding hydrogens is 489 g/mol. The molecule has 4 aromatic heterocycles. The molecule has 0 aliphatic carbocycles. The fraction of sp³-hybridized carbons (Fsp3) is 0.269. The molecule has 5 aromatic rings. The van der Waals surface area contributed by atoms with Crippen molar-refractivity contribution in [2.75, 3.05) is 13.6 Å². The summed E-state index contributed by atoms with van der Waals surface area (Å²) in [6.45, 7) is 0.581. The number of hydrazone groups is 1. The maximum absolute atomic E-state index is 13.4. The summed E-state index contributed by atoms with van der Waals surface area (Å²) in [5.74, 6) is -0.246. The lowest BCUT2D eigenvalue weighted by Gasteiger charge is -2.42. The molecule has 0 fully saturated rings. The summed E-state index contributed by atoms with van der Waals surface area (Å²) in [6, 6.07) is 10.8. The first-order valence-corrected chi connectivity index (χ1v) is 12.3. The molecule has 0 radical (unpaired) electrons. The number of nitrogens with zero attached hydrogens (tertiary/aromatic N) is 6. The van der Waals surface area contributed by atoms with Gasteiger partial charge in [-0.3, -0.25) is 15.3 Å². The molecule has 6 heterocycles. The van der Waals surface area contributed by atoms with Crippen LogP contribution in [0.15, 0.2) is 63.1 Å². The highest BCUT2D eigenvalue weighted by Crippen LogP contribution is 2.46. The summed E-state index contributed by atoms with van der Waals surface area (Å²) in [5.41, 5.74) is 3.07. The summed E-state index contributed by atoms with van der Waals surface area (Å²) in [4.78, 5) is 28.4. The van der Waals surface area contributed by atoms with E-state index in [1.54, 1.807) is 19.3 Å². The number of fused-ring (bicyclic) bond motifs is 3. The maximum atomic E-state index is 13.4. The van der Waals surface area contributed by atoms with Crippen LogP contribution >= 0.6 is 0 Å². The van der Waals surface area contributed by atoms with Crippen LogP contribution in [0, 0.1) is 11.7 Å². The molecule has 3 atom stereocenters. The van der Waals surface area contributed by atoms with E-state index in [1.807, 2.05) is 36.5 Å². The van der Waals surface area contributed by atoms with Gasteiger partial charge in [-0.05, 0) is 30.2 Å². The van der Waals surface area contributed by atoms with Gasteiger partial charge in [-0.15, -0.1) is 5.10 Å². The molecular formula is C26H24FN9O2. The van der Waals surface area contributed by atoms with Crippen molar-refractivity contribution in [3.05, 3.63) is 88.1 Å². The first-order chi connectivity index (χ1) is 18.4. The molecule has 2 aliphatic rings. The molecule has 38 heavy (non-hydrogen) atoms. The number of nitrogens with one attached hydrogen (secondary N) is 3. The largest absolute Gasteiger partial charge is 0.436 e. The number of halogens is 1. The van der Waals surface area contributed by atoms with Gasteiger partial charge >= 0.3 is 5.76 Å². The van der Waals surface area contributed by atoms with Crippen molar-refractivity contribution in [3.63, 3.8) is 0 Å². The van der Waals surface area contributed by atoms with E-state index in [4.69, 9.17) is 9.40 Å². The summed E-state index contributed by atoms with van der Waals surface area (Å²) < 4.78 is 20.4. The van der Waals surface area contributed by atoms with Gasteiger partial charge in [-0.2, -0.15) is 9.78 Å². The van der Waals surface area contributed by atoms with E-state index in [9.17, 15) is 9.18 Å². The minimum Gasteiger partial charge on any atom is -0.390 e. The number of aromatic amines is 2. The lowest BCUT2D eigenvalue weighted by Crippen LogP contribution is -2.56. The lowest BCUT2D eigenvalue weighted by molar-refractivity contribution is 0.184. The van der Waals surface area contributed by atoms with Crippen LogP contribution in [0.3, 0.4) is 0 Å². The standard InChI is InChI=1S/C26H24FN9O2/c1-35-13-14(10-30-35)26(24-34-36(2)25(37)38-24)22-17(16-5-3-4-6-18(16)31-22)9-20(33-26)23-29-12-21(32-23)19-8-7-15(27)11-28-19/h3-8,10-12,14,20,31,33H,9,13H2,1-2H3,(H,29,32)/t14?,20-,26?/m1/s1. The third-order valence-electron chi connectivity index (χ3n) is 7.42. The van der Waals surface area contributed by atoms with E-state index in [-0.39, 0.29) is 17.9 Å². The molecule has 2 aliphatic heterocycles. The smallest absolute Gasteiger partial charge is 0.390 e. The number of pyridine rings is 1. The number of para-hydroxylation sites is 1. The van der Waals surface area contributed by atoms with Crippen molar-refractivity contribution in [2.24, 2.45) is 18.1 Å². The monoisotopic (exact) mass is 513 g/mol. The Kier molecular flexibility index (Phi) is 4.89. The number of aromatic nitrogens is 6. The van der Waals surface area contributed by atoms with Crippen LogP contribution in [0.5, 0.6) is 0 Å². The van der Waals surface area contributed by atoms with E-state index in [0.29, 0.717) is 30.2 Å². The van der Waals surface area contributed by atoms with Crippen LogP contribution < -0.4 is 11.1 Å². The van der Waals surface area contributed by atoms with E-state index >= 15 is 0 Å². The van der Waals surface area contributed by atoms with Gasteiger partial charge in [0.15, 0.2) is 0 Å². The molecule has 7 rings (SSSR count). The van der Waals surface area contributed by atoms with E-state index in [2.05, 4.69) is 36.5 Å². The lowest BCUT2D eigenvalue weighted by atomic mass is 9.75. The topological polar surface area (TPSA) is 133 Å². The highest BCUT2D eigenvalue weighted by molar-refractivity contribution is 5.86. The first kappa shape index (κ1) is 22.6. The fourth-order valence-electron chi connectivity index (χ4n) is 5.64. The maximum Gasteiger partial charge on any atom is 0.436 e. The van der Waals surface area contributed by atoms with Gasteiger partial charge in [0.25, 0.3) is 0 Å². The Labute approximate surface area is 215 Å². The number of hydrogen-bond acceptors (Lipinski definition) is 8. The van der Waals surface area contributed by atoms with Gasteiger partial charge < -0.3 is 14.4 Å². The Bertz CT molecular complexity index is 1750. The van der Waals surface area contributed by atoms with Crippen molar-refractivity contribution in [1.29, 1.82) is 0 Å².